The Hall–Kier alpha value is -0.830. The lowest BCUT2D eigenvalue weighted by Crippen LogP contribution is -2.67. The molecule has 3 unspecified atom stereocenters. The number of aryl methyl sites for hydroxylation is 2. The van der Waals surface area contributed by atoms with Crippen molar-refractivity contribution in [3.63, 3.8) is 0 Å². The van der Waals surface area contributed by atoms with Gasteiger partial charge in [0.15, 0.2) is 5.96 Å². The van der Waals surface area contributed by atoms with Gasteiger partial charge in [-0.1, -0.05) is 13.8 Å². The minimum atomic E-state index is 0. The van der Waals surface area contributed by atoms with E-state index in [0.717, 1.165) is 31.2 Å². The Morgan fingerprint density at radius 1 is 1.42 bits per heavy atom. The maximum Gasteiger partial charge on any atom is 0.191 e. The summed E-state index contributed by atoms with van der Waals surface area (Å²) in [6.45, 7) is 10.3. The van der Waals surface area contributed by atoms with Crippen LogP contribution in [0.25, 0.3) is 0 Å². The number of ether oxygens (including phenoxy) is 1. The molecule has 24 heavy (non-hydrogen) atoms. The van der Waals surface area contributed by atoms with Gasteiger partial charge in [-0.05, 0) is 20.3 Å². The molecule has 2 N–H and O–H groups in total. The molecular weight excluding hydrogens is 417 g/mol. The first-order valence-corrected chi connectivity index (χ1v) is 8.44. The third-order valence-corrected chi connectivity index (χ3v) is 5.71. The van der Waals surface area contributed by atoms with Gasteiger partial charge in [-0.15, -0.1) is 24.0 Å². The fourth-order valence-electron chi connectivity index (χ4n) is 4.20. The Bertz CT molecular complexity index is 625. The van der Waals surface area contributed by atoms with Crippen LogP contribution < -0.4 is 10.6 Å². The number of guanidine groups is 1. The quantitative estimate of drug-likeness (QED) is 0.424. The van der Waals surface area contributed by atoms with E-state index in [1.807, 2.05) is 18.8 Å². The predicted octanol–water partition coefficient (Wildman–Crippen LogP) is 2.13. The van der Waals surface area contributed by atoms with Gasteiger partial charge in [0.25, 0.3) is 0 Å². The maximum absolute atomic E-state index is 5.86. The number of hydrogen-bond donors (Lipinski definition) is 2. The highest BCUT2D eigenvalue weighted by Gasteiger charge is 2.59. The molecule has 2 fully saturated rings. The van der Waals surface area contributed by atoms with E-state index < -0.39 is 0 Å². The van der Waals surface area contributed by atoms with Gasteiger partial charge < -0.3 is 15.4 Å². The van der Waals surface area contributed by atoms with Gasteiger partial charge in [0.1, 0.15) is 0 Å². The normalized spacial score (nSPS) is 27.9. The van der Waals surface area contributed by atoms with Crippen LogP contribution in [0.5, 0.6) is 0 Å². The topological polar surface area (TPSA) is 63.5 Å². The smallest absolute Gasteiger partial charge is 0.191 e. The van der Waals surface area contributed by atoms with Crippen LogP contribution in [0, 0.1) is 25.2 Å². The van der Waals surface area contributed by atoms with Gasteiger partial charge in [-0.25, -0.2) is 0 Å². The van der Waals surface area contributed by atoms with Crippen LogP contribution in [0.3, 0.4) is 0 Å². The fraction of sp³-hybridized carbons (Fsp3) is 0.765. The first-order valence-electron chi connectivity index (χ1n) is 8.44. The van der Waals surface area contributed by atoms with Crippen molar-refractivity contribution in [3.05, 3.63) is 17.0 Å². The minimum absolute atomic E-state index is 0. The van der Waals surface area contributed by atoms with Gasteiger partial charge in [0, 0.05) is 55.9 Å². The fourth-order valence-corrected chi connectivity index (χ4v) is 4.20. The monoisotopic (exact) mass is 447 g/mol. The highest BCUT2D eigenvalue weighted by Crippen LogP contribution is 2.52. The molecule has 1 aromatic rings. The largest absolute Gasteiger partial charge is 0.377 e. The van der Waals surface area contributed by atoms with Crippen LogP contribution in [0.1, 0.15) is 37.2 Å². The van der Waals surface area contributed by atoms with Crippen LogP contribution in [0.2, 0.25) is 0 Å². The van der Waals surface area contributed by atoms with Crippen LogP contribution in [-0.4, -0.2) is 41.5 Å². The Labute approximate surface area is 161 Å². The molecule has 1 saturated carbocycles. The molecule has 3 rings (SSSR count). The molecule has 0 radical (unpaired) electrons. The van der Waals surface area contributed by atoms with Crippen molar-refractivity contribution in [1.82, 2.24) is 20.4 Å². The third-order valence-electron chi connectivity index (χ3n) is 5.71. The lowest BCUT2D eigenvalue weighted by atomic mass is 9.57. The molecule has 0 bridgehead atoms. The van der Waals surface area contributed by atoms with E-state index in [2.05, 4.69) is 48.4 Å². The first-order chi connectivity index (χ1) is 10.9. The Balaban J connectivity index is 0.00000208. The van der Waals surface area contributed by atoms with Crippen LogP contribution >= 0.6 is 24.0 Å². The number of nitrogens with one attached hydrogen (secondary N) is 2. The average Bonchev–Trinajstić information content (AvgIpc) is 3.05. The summed E-state index contributed by atoms with van der Waals surface area (Å²) in [6, 6.07) is 0.414. The lowest BCUT2D eigenvalue weighted by Gasteiger charge is -2.54. The molecule has 1 aromatic heterocycles. The molecule has 6 nitrogen and oxygen atoms in total. The molecule has 136 valence electrons. The summed E-state index contributed by atoms with van der Waals surface area (Å²) in [7, 11) is 3.81. The van der Waals surface area contributed by atoms with Gasteiger partial charge in [0.2, 0.25) is 0 Å². The number of aliphatic imine (C=N–C) groups is 1. The van der Waals surface area contributed by atoms with E-state index in [4.69, 9.17) is 4.74 Å². The minimum Gasteiger partial charge on any atom is -0.377 e. The summed E-state index contributed by atoms with van der Waals surface area (Å²) in [5, 5.41) is 11.5. The zero-order chi connectivity index (χ0) is 16.8. The van der Waals surface area contributed by atoms with E-state index in [1.54, 1.807) is 0 Å². The average molecular weight is 447 g/mol. The Morgan fingerprint density at radius 2 is 2.12 bits per heavy atom. The maximum atomic E-state index is 5.86. The number of halogens is 1. The second-order valence-corrected chi connectivity index (χ2v) is 7.39. The summed E-state index contributed by atoms with van der Waals surface area (Å²) in [5.74, 6) is 1.46. The van der Waals surface area contributed by atoms with Crippen molar-refractivity contribution in [2.24, 2.45) is 23.4 Å². The number of fused-ring (bicyclic) bond motifs is 1. The summed E-state index contributed by atoms with van der Waals surface area (Å²) >= 11 is 0. The van der Waals surface area contributed by atoms with Crippen molar-refractivity contribution < 1.29 is 4.74 Å². The molecule has 1 aliphatic carbocycles. The number of nitrogens with zero attached hydrogens (tertiary/aromatic N) is 3. The van der Waals surface area contributed by atoms with Crippen LogP contribution in [-0.2, 0) is 18.3 Å². The summed E-state index contributed by atoms with van der Waals surface area (Å²) in [6.07, 6.45) is 1.53. The van der Waals surface area contributed by atoms with E-state index in [0.29, 0.717) is 18.1 Å². The van der Waals surface area contributed by atoms with E-state index in [1.165, 1.54) is 11.3 Å². The lowest BCUT2D eigenvalue weighted by molar-refractivity contribution is -0.106. The van der Waals surface area contributed by atoms with Crippen LogP contribution in [0.15, 0.2) is 4.99 Å². The Kier molecular flexibility index (Phi) is 5.84. The summed E-state index contributed by atoms with van der Waals surface area (Å²) < 4.78 is 7.79. The molecule has 2 heterocycles. The molecule has 3 atom stereocenters. The number of hydrogen-bond acceptors (Lipinski definition) is 3. The second kappa shape index (κ2) is 7.19. The van der Waals surface area contributed by atoms with Gasteiger partial charge in [-0.2, -0.15) is 5.10 Å². The first kappa shape index (κ1) is 19.5. The van der Waals surface area contributed by atoms with Crippen molar-refractivity contribution in [1.29, 1.82) is 0 Å². The summed E-state index contributed by atoms with van der Waals surface area (Å²) in [5.41, 5.74) is 3.66. The van der Waals surface area contributed by atoms with Crippen molar-refractivity contribution in [3.8, 4) is 0 Å². The number of aromatic nitrogens is 2. The van der Waals surface area contributed by atoms with E-state index in [-0.39, 0.29) is 29.4 Å². The molecule has 2 aliphatic rings. The standard InChI is InChI=1S/C17H29N5O.HI/c1-10-13(11(2)22(6)21-10)9-19-16(18-5)20-14-12-7-8-23-15(12)17(14,3)4;/h12,14-15H,7-9H2,1-6H3,(H2,18,19,20);1H. The van der Waals surface area contributed by atoms with Gasteiger partial charge >= 0.3 is 0 Å². The summed E-state index contributed by atoms with van der Waals surface area (Å²) in [4.78, 5) is 4.40. The molecule has 7 heteroatoms. The van der Waals surface area contributed by atoms with Crippen molar-refractivity contribution in [2.45, 2.75) is 52.8 Å². The zero-order valence-electron chi connectivity index (χ0n) is 15.5. The molecule has 0 amide bonds. The van der Waals surface area contributed by atoms with Crippen molar-refractivity contribution >= 4 is 29.9 Å². The number of rotatable bonds is 3. The van der Waals surface area contributed by atoms with E-state index >= 15 is 0 Å². The predicted molar refractivity (Wildman–Crippen MR) is 107 cm³/mol. The molecule has 1 saturated heterocycles. The second-order valence-electron chi connectivity index (χ2n) is 7.39. The molecular formula is C17H30IN5O. The Morgan fingerprint density at radius 3 is 2.71 bits per heavy atom. The molecule has 1 aliphatic heterocycles. The van der Waals surface area contributed by atoms with Crippen molar-refractivity contribution in [2.75, 3.05) is 13.7 Å². The highest BCUT2D eigenvalue weighted by atomic mass is 127. The van der Waals surface area contributed by atoms with Crippen LogP contribution in [0.4, 0.5) is 0 Å². The van der Waals surface area contributed by atoms with Gasteiger partial charge in [-0.3, -0.25) is 9.67 Å². The SMILES string of the molecule is CN=C(NCc1c(C)nn(C)c1C)NC1C2CCOC2C1(C)C.I. The molecule has 0 spiro atoms. The third kappa shape index (κ3) is 3.16. The molecule has 0 aromatic carbocycles. The zero-order valence-corrected chi connectivity index (χ0v) is 17.8. The highest BCUT2D eigenvalue weighted by molar-refractivity contribution is 14.0. The van der Waals surface area contributed by atoms with Gasteiger partial charge in [0.05, 0.1) is 11.8 Å². The van der Waals surface area contributed by atoms with E-state index in [9.17, 15) is 0 Å².